The van der Waals surface area contributed by atoms with E-state index in [0.717, 1.165) is 29.5 Å². The molecule has 16 heavy (non-hydrogen) atoms. The third-order valence-electron chi connectivity index (χ3n) is 2.83. The molecule has 1 aliphatic rings. The van der Waals surface area contributed by atoms with E-state index in [0.29, 0.717) is 0 Å². The van der Waals surface area contributed by atoms with Crippen molar-refractivity contribution in [3.05, 3.63) is 27.7 Å². The molecule has 0 bridgehead atoms. The van der Waals surface area contributed by atoms with Crippen molar-refractivity contribution in [2.75, 3.05) is 13.2 Å². The summed E-state index contributed by atoms with van der Waals surface area (Å²) in [6.45, 7) is -0.122. The van der Waals surface area contributed by atoms with E-state index in [-0.39, 0.29) is 13.2 Å². The fourth-order valence-electron chi connectivity index (χ4n) is 2.00. The molecule has 0 amide bonds. The third-order valence-corrected chi connectivity index (χ3v) is 3.57. The fraction of sp³-hybridized carbons (Fsp3) is 0.500. The Kier molecular flexibility index (Phi) is 3.84. The van der Waals surface area contributed by atoms with Crippen LogP contribution in [-0.2, 0) is 12.8 Å². The second-order valence-corrected chi connectivity index (χ2v) is 4.86. The number of hydrogen-bond donors (Lipinski definition) is 2. The lowest BCUT2D eigenvalue weighted by atomic mass is 10.1. The molecule has 1 atom stereocenters. The average Bonchev–Trinajstić information content (AvgIpc) is 2.77. The molecular weight excluding hydrogens is 272 g/mol. The second-order valence-electron chi connectivity index (χ2n) is 4.00. The molecule has 1 aromatic rings. The van der Waals surface area contributed by atoms with Crippen molar-refractivity contribution in [1.29, 1.82) is 0 Å². The van der Waals surface area contributed by atoms with Crippen LogP contribution in [0.25, 0.3) is 0 Å². The number of aliphatic hydroxyl groups is 2. The Labute approximate surface area is 103 Å². The van der Waals surface area contributed by atoms with Gasteiger partial charge in [-0.25, -0.2) is 0 Å². The van der Waals surface area contributed by atoms with Crippen LogP contribution in [0.5, 0.6) is 5.75 Å². The summed E-state index contributed by atoms with van der Waals surface area (Å²) in [6, 6.07) is 3.89. The summed E-state index contributed by atoms with van der Waals surface area (Å²) >= 11 is 3.53. The minimum Gasteiger partial charge on any atom is -0.491 e. The van der Waals surface area contributed by atoms with Crippen molar-refractivity contribution < 1.29 is 14.9 Å². The van der Waals surface area contributed by atoms with Gasteiger partial charge in [0.25, 0.3) is 0 Å². The first-order chi connectivity index (χ1) is 7.72. The highest BCUT2D eigenvalue weighted by Crippen LogP contribution is 2.35. The van der Waals surface area contributed by atoms with Crippen molar-refractivity contribution in [2.45, 2.75) is 25.4 Å². The fourth-order valence-corrected chi connectivity index (χ4v) is 2.57. The standard InChI is InChI=1S/C12H15BrO3/c13-11-4-5-12(16-7-8(15)6-14)10-3-1-2-9(10)11/h4-5,8,14-15H,1-3,6-7H2. The van der Waals surface area contributed by atoms with Crippen LogP contribution < -0.4 is 4.74 Å². The smallest absolute Gasteiger partial charge is 0.122 e. The van der Waals surface area contributed by atoms with Gasteiger partial charge in [-0.3, -0.25) is 0 Å². The maximum Gasteiger partial charge on any atom is 0.122 e. The van der Waals surface area contributed by atoms with Gasteiger partial charge < -0.3 is 14.9 Å². The van der Waals surface area contributed by atoms with Crippen LogP contribution in [0, 0.1) is 0 Å². The normalized spacial score (nSPS) is 15.9. The van der Waals surface area contributed by atoms with E-state index in [9.17, 15) is 5.11 Å². The van der Waals surface area contributed by atoms with Gasteiger partial charge in [0.2, 0.25) is 0 Å². The maximum atomic E-state index is 9.24. The SMILES string of the molecule is OCC(O)COc1ccc(Br)c2c1CCC2. The second kappa shape index (κ2) is 5.17. The van der Waals surface area contributed by atoms with Gasteiger partial charge >= 0.3 is 0 Å². The number of ether oxygens (including phenoxy) is 1. The van der Waals surface area contributed by atoms with Gasteiger partial charge in [-0.15, -0.1) is 0 Å². The molecule has 0 spiro atoms. The molecule has 0 aromatic heterocycles. The Bertz CT molecular complexity index is 379. The first-order valence-electron chi connectivity index (χ1n) is 5.44. The molecule has 3 nitrogen and oxygen atoms in total. The monoisotopic (exact) mass is 286 g/mol. The molecule has 0 saturated heterocycles. The van der Waals surface area contributed by atoms with Crippen molar-refractivity contribution in [3.63, 3.8) is 0 Å². The summed E-state index contributed by atoms with van der Waals surface area (Å²) in [5.41, 5.74) is 2.55. The molecule has 4 heteroatoms. The molecule has 0 aliphatic heterocycles. The molecule has 1 aliphatic carbocycles. The van der Waals surface area contributed by atoms with Crippen LogP contribution in [0.15, 0.2) is 16.6 Å². The predicted octanol–water partition coefficient (Wildman–Crippen LogP) is 1.67. The van der Waals surface area contributed by atoms with Gasteiger partial charge in [0, 0.05) is 4.47 Å². The first kappa shape index (κ1) is 11.9. The number of halogens is 1. The van der Waals surface area contributed by atoms with Crippen LogP contribution in [-0.4, -0.2) is 29.5 Å². The van der Waals surface area contributed by atoms with Gasteiger partial charge in [0.1, 0.15) is 18.5 Å². The quantitative estimate of drug-likeness (QED) is 0.885. The van der Waals surface area contributed by atoms with E-state index in [1.165, 1.54) is 11.1 Å². The lowest BCUT2D eigenvalue weighted by molar-refractivity contribution is 0.0533. The number of hydrogen-bond acceptors (Lipinski definition) is 3. The Balaban J connectivity index is 2.13. The molecule has 0 radical (unpaired) electrons. The number of fused-ring (bicyclic) bond motifs is 1. The van der Waals surface area contributed by atoms with Crippen molar-refractivity contribution in [2.24, 2.45) is 0 Å². The summed E-state index contributed by atoms with van der Waals surface area (Å²) in [5.74, 6) is 0.836. The molecule has 1 unspecified atom stereocenters. The molecular formula is C12H15BrO3. The topological polar surface area (TPSA) is 49.7 Å². The highest BCUT2D eigenvalue weighted by molar-refractivity contribution is 9.10. The van der Waals surface area contributed by atoms with E-state index in [4.69, 9.17) is 9.84 Å². The van der Waals surface area contributed by atoms with Gasteiger partial charge in [-0.05, 0) is 42.5 Å². The minimum absolute atomic E-state index is 0.143. The first-order valence-corrected chi connectivity index (χ1v) is 6.23. The van der Waals surface area contributed by atoms with Crippen molar-refractivity contribution >= 4 is 15.9 Å². The van der Waals surface area contributed by atoms with E-state index >= 15 is 0 Å². The van der Waals surface area contributed by atoms with Gasteiger partial charge in [0.15, 0.2) is 0 Å². The molecule has 0 saturated carbocycles. The highest BCUT2D eigenvalue weighted by atomic mass is 79.9. The predicted molar refractivity (Wildman–Crippen MR) is 64.8 cm³/mol. The van der Waals surface area contributed by atoms with Crippen molar-refractivity contribution in [1.82, 2.24) is 0 Å². The summed E-state index contributed by atoms with van der Waals surface area (Å²) in [4.78, 5) is 0. The molecule has 1 aromatic carbocycles. The average molecular weight is 287 g/mol. The summed E-state index contributed by atoms with van der Waals surface area (Å²) in [7, 11) is 0. The number of rotatable bonds is 4. The van der Waals surface area contributed by atoms with E-state index < -0.39 is 6.10 Å². The van der Waals surface area contributed by atoms with Gasteiger partial charge in [-0.2, -0.15) is 0 Å². The van der Waals surface area contributed by atoms with E-state index in [1.807, 2.05) is 12.1 Å². The zero-order valence-electron chi connectivity index (χ0n) is 8.95. The molecule has 2 rings (SSSR count). The van der Waals surface area contributed by atoms with Crippen LogP contribution in [0.1, 0.15) is 17.5 Å². The van der Waals surface area contributed by atoms with Crippen LogP contribution in [0.4, 0.5) is 0 Å². The largest absolute Gasteiger partial charge is 0.491 e. The Morgan fingerprint density at radius 3 is 2.81 bits per heavy atom. The molecule has 0 heterocycles. The molecule has 0 fully saturated rings. The van der Waals surface area contributed by atoms with E-state index in [2.05, 4.69) is 15.9 Å². The lowest BCUT2D eigenvalue weighted by Gasteiger charge is -2.14. The van der Waals surface area contributed by atoms with Crippen LogP contribution >= 0.6 is 15.9 Å². The molecule has 2 N–H and O–H groups in total. The third kappa shape index (κ3) is 2.39. The van der Waals surface area contributed by atoms with E-state index in [1.54, 1.807) is 0 Å². The zero-order valence-corrected chi connectivity index (χ0v) is 10.5. The Morgan fingerprint density at radius 2 is 2.06 bits per heavy atom. The Morgan fingerprint density at radius 1 is 1.31 bits per heavy atom. The van der Waals surface area contributed by atoms with Crippen molar-refractivity contribution in [3.8, 4) is 5.75 Å². The summed E-state index contributed by atoms with van der Waals surface area (Å²) in [5, 5.41) is 18.0. The number of benzene rings is 1. The molecule has 88 valence electrons. The summed E-state index contributed by atoms with van der Waals surface area (Å²) in [6.07, 6.45) is 2.45. The van der Waals surface area contributed by atoms with Crippen LogP contribution in [0.2, 0.25) is 0 Å². The lowest BCUT2D eigenvalue weighted by Crippen LogP contribution is -2.21. The zero-order chi connectivity index (χ0) is 11.5. The van der Waals surface area contributed by atoms with Gasteiger partial charge in [-0.1, -0.05) is 15.9 Å². The Hall–Kier alpha value is -0.580. The summed E-state index contributed by atoms with van der Waals surface area (Å²) < 4.78 is 6.66. The number of aliphatic hydroxyl groups excluding tert-OH is 2. The van der Waals surface area contributed by atoms with Crippen LogP contribution in [0.3, 0.4) is 0 Å². The maximum absolute atomic E-state index is 9.24. The highest BCUT2D eigenvalue weighted by Gasteiger charge is 2.18. The minimum atomic E-state index is -0.805. The van der Waals surface area contributed by atoms with Gasteiger partial charge in [0.05, 0.1) is 6.61 Å².